The molecule has 2 saturated heterocycles. The summed E-state index contributed by atoms with van der Waals surface area (Å²) in [6.07, 6.45) is 3.35. The van der Waals surface area contributed by atoms with Crippen molar-refractivity contribution in [3.63, 3.8) is 0 Å². The van der Waals surface area contributed by atoms with E-state index < -0.39 is 17.9 Å². The van der Waals surface area contributed by atoms with Gasteiger partial charge in [0.05, 0.1) is 19.3 Å². The number of nitrogens with one attached hydrogen (secondary N) is 1. The second-order valence-electron chi connectivity index (χ2n) is 5.13. The van der Waals surface area contributed by atoms with E-state index in [1.165, 1.54) is 11.3 Å². The summed E-state index contributed by atoms with van der Waals surface area (Å²) in [6, 6.07) is -0.661. The zero-order valence-electron chi connectivity index (χ0n) is 11.2. The highest BCUT2D eigenvalue weighted by Gasteiger charge is 2.38. The van der Waals surface area contributed by atoms with E-state index in [0.29, 0.717) is 0 Å². The third-order valence-electron chi connectivity index (χ3n) is 3.80. The number of hydrazine groups is 1. The molecule has 7 nitrogen and oxygen atoms in total. The fourth-order valence-electron chi connectivity index (χ4n) is 2.53. The van der Waals surface area contributed by atoms with Crippen molar-refractivity contribution in [2.24, 2.45) is 5.92 Å². The highest BCUT2D eigenvalue weighted by molar-refractivity contribution is 5.76. The summed E-state index contributed by atoms with van der Waals surface area (Å²) in [5.74, 6) is -1.56. The third-order valence-corrected chi connectivity index (χ3v) is 3.80. The number of carboxylic acid groups (broad SMARTS) is 1. The average molecular weight is 271 g/mol. The normalized spacial score (nSPS) is 28.1. The Morgan fingerprint density at radius 1 is 1.26 bits per heavy atom. The molecule has 0 radical (unpaired) electrons. The number of carboxylic acids is 1. The first-order chi connectivity index (χ1) is 9.09. The van der Waals surface area contributed by atoms with Gasteiger partial charge in [-0.25, -0.2) is 9.80 Å². The van der Waals surface area contributed by atoms with Crippen LogP contribution < -0.4 is 5.43 Å². The lowest BCUT2D eigenvalue weighted by molar-refractivity contribution is -0.142. The standard InChI is InChI=1S/C12H21N3O4/c1-14(10-8-19-7-9(10)11(16)17)12(18)13-15-5-3-2-4-6-15/h9-10H,2-8H2,1H3,(H,13,18)(H,16,17). The Morgan fingerprint density at radius 3 is 2.58 bits per heavy atom. The molecule has 108 valence electrons. The van der Waals surface area contributed by atoms with E-state index in [1.54, 1.807) is 7.05 Å². The molecule has 2 aliphatic heterocycles. The van der Waals surface area contributed by atoms with E-state index in [-0.39, 0.29) is 19.2 Å². The zero-order chi connectivity index (χ0) is 13.8. The van der Waals surface area contributed by atoms with E-state index in [9.17, 15) is 9.59 Å². The SMILES string of the molecule is CN(C(=O)NN1CCCCC1)C1COCC1C(=O)O. The monoisotopic (exact) mass is 271 g/mol. The van der Waals surface area contributed by atoms with Crippen molar-refractivity contribution in [1.29, 1.82) is 0 Å². The Kier molecular flexibility index (Phi) is 4.60. The maximum absolute atomic E-state index is 12.1. The number of ether oxygens (including phenoxy) is 1. The van der Waals surface area contributed by atoms with Crippen LogP contribution in [0.25, 0.3) is 0 Å². The van der Waals surface area contributed by atoms with Crippen LogP contribution in [0.5, 0.6) is 0 Å². The van der Waals surface area contributed by atoms with Gasteiger partial charge in [-0.05, 0) is 12.8 Å². The van der Waals surface area contributed by atoms with E-state index in [2.05, 4.69) is 5.43 Å². The van der Waals surface area contributed by atoms with Gasteiger partial charge in [-0.2, -0.15) is 0 Å². The minimum atomic E-state index is -0.917. The van der Waals surface area contributed by atoms with Crippen molar-refractivity contribution in [2.75, 3.05) is 33.4 Å². The number of piperidine rings is 1. The molecule has 2 amide bonds. The molecule has 7 heteroatoms. The van der Waals surface area contributed by atoms with Gasteiger partial charge in [-0.15, -0.1) is 0 Å². The molecule has 0 saturated carbocycles. The fourth-order valence-corrected chi connectivity index (χ4v) is 2.53. The number of carbonyl (C=O) groups is 2. The van der Waals surface area contributed by atoms with Crippen LogP contribution in [0.3, 0.4) is 0 Å². The molecule has 2 fully saturated rings. The number of rotatable bonds is 3. The molecule has 0 spiro atoms. The minimum absolute atomic E-state index is 0.168. The quantitative estimate of drug-likeness (QED) is 0.762. The molecule has 0 bridgehead atoms. The summed E-state index contributed by atoms with van der Waals surface area (Å²) >= 11 is 0. The van der Waals surface area contributed by atoms with Gasteiger partial charge in [0.25, 0.3) is 0 Å². The fraction of sp³-hybridized carbons (Fsp3) is 0.833. The van der Waals surface area contributed by atoms with Crippen LogP contribution in [0.2, 0.25) is 0 Å². The van der Waals surface area contributed by atoms with Gasteiger partial charge in [0.15, 0.2) is 0 Å². The Hall–Kier alpha value is -1.34. The van der Waals surface area contributed by atoms with Gasteiger partial charge in [0.1, 0.15) is 5.92 Å². The first-order valence-corrected chi connectivity index (χ1v) is 6.68. The van der Waals surface area contributed by atoms with Gasteiger partial charge in [0, 0.05) is 20.1 Å². The number of hydrogen-bond acceptors (Lipinski definition) is 4. The minimum Gasteiger partial charge on any atom is -0.481 e. The molecule has 2 heterocycles. The second kappa shape index (κ2) is 6.21. The van der Waals surface area contributed by atoms with Gasteiger partial charge < -0.3 is 14.7 Å². The summed E-state index contributed by atoms with van der Waals surface area (Å²) in [7, 11) is 1.62. The topological polar surface area (TPSA) is 82.1 Å². The smallest absolute Gasteiger partial charge is 0.332 e. The number of carbonyl (C=O) groups excluding carboxylic acids is 1. The highest BCUT2D eigenvalue weighted by atomic mass is 16.5. The number of likely N-dealkylation sites (N-methyl/N-ethyl adjacent to an activating group) is 1. The van der Waals surface area contributed by atoms with E-state index in [4.69, 9.17) is 9.84 Å². The number of nitrogens with zero attached hydrogens (tertiary/aromatic N) is 2. The summed E-state index contributed by atoms with van der Waals surface area (Å²) in [5.41, 5.74) is 2.83. The van der Waals surface area contributed by atoms with E-state index in [0.717, 1.165) is 25.9 Å². The third kappa shape index (κ3) is 3.36. The van der Waals surface area contributed by atoms with Crippen molar-refractivity contribution in [3.8, 4) is 0 Å². The van der Waals surface area contributed by atoms with Crippen molar-refractivity contribution in [1.82, 2.24) is 15.3 Å². The molecule has 0 aromatic heterocycles. The Balaban J connectivity index is 1.88. The number of hydrogen-bond donors (Lipinski definition) is 2. The summed E-state index contributed by atoms with van der Waals surface area (Å²) in [6.45, 7) is 2.15. The molecule has 0 aromatic carbocycles. The molecule has 2 N–H and O–H groups in total. The second-order valence-corrected chi connectivity index (χ2v) is 5.13. The van der Waals surface area contributed by atoms with Gasteiger partial charge in [-0.1, -0.05) is 6.42 Å². The molecule has 0 aromatic rings. The molecular formula is C12H21N3O4. The number of urea groups is 1. The van der Waals surface area contributed by atoms with Crippen LogP contribution in [0.4, 0.5) is 4.79 Å². The summed E-state index contributed by atoms with van der Waals surface area (Å²) in [4.78, 5) is 24.6. The van der Waals surface area contributed by atoms with Crippen molar-refractivity contribution in [2.45, 2.75) is 25.3 Å². The van der Waals surface area contributed by atoms with Crippen LogP contribution in [-0.2, 0) is 9.53 Å². The lowest BCUT2D eigenvalue weighted by Gasteiger charge is -2.32. The first kappa shape index (κ1) is 14.1. The Bertz CT molecular complexity index is 344. The zero-order valence-corrected chi connectivity index (χ0v) is 11.2. The lowest BCUT2D eigenvalue weighted by Crippen LogP contribution is -2.54. The van der Waals surface area contributed by atoms with Crippen molar-refractivity contribution >= 4 is 12.0 Å². The molecule has 2 unspecified atom stereocenters. The maximum Gasteiger partial charge on any atom is 0.332 e. The molecule has 2 rings (SSSR count). The van der Waals surface area contributed by atoms with E-state index >= 15 is 0 Å². The van der Waals surface area contributed by atoms with Crippen LogP contribution in [0.15, 0.2) is 0 Å². The van der Waals surface area contributed by atoms with Crippen LogP contribution >= 0.6 is 0 Å². The van der Waals surface area contributed by atoms with Crippen molar-refractivity contribution in [3.05, 3.63) is 0 Å². The molecule has 2 atom stereocenters. The van der Waals surface area contributed by atoms with Crippen molar-refractivity contribution < 1.29 is 19.4 Å². The highest BCUT2D eigenvalue weighted by Crippen LogP contribution is 2.19. The molecule has 0 aliphatic carbocycles. The van der Waals surface area contributed by atoms with Gasteiger partial charge >= 0.3 is 12.0 Å². The van der Waals surface area contributed by atoms with Crippen LogP contribution in [0.1, 0.15) is 19.3 Å². The maximum atomic E-state index is 12.1. The molecule has 19 heavy (non-hydrogen) atoms. The van der Waals surface area contributed by atoms with Crippen LogP contribution in [0, 0.1) is 5.92 Å². The summed E-state index contributed by atoms with van der Waals surface area (Å²) < 4.78 is 5.18. The average Bonchev–Trinajstić information content (AvgIpc) is 2.88. The van der Waals surface area contributed by atoms with Gasteiger partial charge in [-0.3, -0.25) is 10.2 Å². The lowest BCUT2D eigenvalue weighted by atomic mass is 10.0. The number of aliphatic carboxylic acids is 1. The Morgan fingerprint density at radius 2 is 1.95 bits per heavy atom. The molecule has 2 aliphatic rings. The predicted octanol–water partition coefficient (Wildman–Crippen LogP) is 0.128. The predicted molar refractivity (Wildman–Crippen MR) is 67.5 cm³/mol. The van der Waals surface area contributed by atoms with Crippen LogP contribution in [-0.4, -0.2) is 66.4 Å². The largest absolute Gasteiger partial charge is 0.481 e. The summed E-state index contributed by atoms with van der Waals surface area (Å²) in [5, 5.41) is 11.0. The van der Waals surface area contributed by atoms with E-state index in [1.807, 2.05) is 5.01 Å². The Labute approximate surface area is 112 Å². The van der Waals surface area contributed by atoms with Gasteiger partial charge in [0.2, 0.25) is 0 Å². The molecular weight excluding hydrogens is 250 g/mol. The first-order valence-electron chi connectivity index (χ1n) is 6.68. The number of amides is 2.